The molecule has 2 atom stereocenters. The molecule has 2 aromatic rings. The first-order valence-electron chi connectivity index (χ1n) is 8.84. The molecule has 5 nitrogen and oxygen atoms in total. The maximum atomic E-state index is 12.7. The maximum Gasteiger partial charge on any atom is 0.250 e. The first kappa shape index (κ1) is 20.1. The van der Waals surface area contributed by atoms with E-state index in [4.69, 9.17) is 23.2 Å². The quantitative estimate of drug-likeness (QED) is 0.566. The standard InChI is InChI=1S/C20H22Cl2N2O3/c21-17-7-6-14(10-18(17)22)11-20(26)24(27)19(15-4-2-1-3-5-15)13-23-9-8-16(25)12-23/h1-7,10,16,19,25,27H,8-9,11-13H2/t16-,19-/m0/s1. The van der Waals surface area contributed by atoms with Crippen LogP contribution >= 0.6 is 23.2 Å². The zero-order valence-corrected chi connectivity index (χ0v) is 16.3. The molecule has 1 saturated heterocycles. The number of rotatable bonds is 6. The zero-order valence-electron chi connectivity index (χ0n) is 14.8. The second-order valence-electron chi connectivity index (χ2n) is 6.79. The van der Waals surface area contributed by atoms with Gasteiger partial charge >= 0.3 is 0 Å². The maximum absolute atomic E-state index is 12.7. The van der Waals surface area contributed by atoms with E-state index in [2.05, 4.69) is 4.90 Å². The lowest BCUT2D eigenvalue weighted by molar-refractivity contribution is -0.177. The van der Waals surface area contributed by atoms with Crippen LogP contribution in [0, 0.1) is 0 Å². The summed E-state index contributed by atoms with van der Waals surface area (Å²) in [6, 6.07) is 13.9. The predicted octanol–water partition coefficient (Wildman–Crippen LogP) is 3.56. The van der Waals surface area contributed by atoms with Gasteiger partial charge in [0.1, 0.15) is 0 Å². The summed E-state index contributed by atoms with van der Waals surface area (Å²) < 4.78 is 0. The van der Waals surface area contributed by atoms with E-state index in [1.165, 1.54) is 0 Å². The Hall–Kier alpha value is -1.63. The third-order valence-electron chi connectivity index (χ3n) is 4.75. The van der Waals surface area contributed by atoms with Crippen molar-refractivity contribution in [3.8, 4) is 0 Å². The highest BCUT2D eigenvalue weighted by atomic mass is 35.5. The van der Waals surface area contributed by atoms with Gasteiger partial charge in [-0.15, -0.1) is 0 Å². The van der Waals surface area contributed by atoms with E-state index < -0.39 is 11.9 Å². The summed E-state index contributed by atoms with van der Waals surface area (Å²) in [4.78, 5) is 14.7. The molecule has 0 radical (unpaired) electrons. The SMILES string of the molecule is O=C(Cc1ccc(Cl)c(Cl)c1)N(O)[C@@H](CN1CC[C@H](O)C1)c1ccccc1. The number of hydrogen-bond acceptors (Lipinski definition) is 4. The summed E-state index contributed by atoms with van der Waals surface area (Å²) in [7, 11) is 0. The highest BCUT2D eigenvalue weighted by Gasteiger charge is 2.29. The van der Waals surface area contributed by atoms with Crippen LogP contribution in [-0.4, -0.2) is 51.9 Å². The molecule has 0 aliphatic carbocycles. The Labute approximate surface area is 168 Å². The molecule has 1 amide bonds. The second kappa shape index (κ2) is 9.04. The molecule has 2 N–H and O–H groups in total. The molecule has 0 saturated carbocycles. The molecule has 1 aliphatic rings. The van der Waals surface area contributed by atoms with Gasteiger partial charge in [-0.3, -0.25) is 14.9 Å². The Balaban J connectivity index is 1.75. The minimum atomic E-state index is -0.522. The highest BCUT2D eigenvalue weighted by molar-refractivity contribution is 6.42. The van der Waals surface area contributed by atoms with Crippen LogP contribution in [0.25, 0.3) is 0 Å². The van der Waals surface area contributed by atoms with Gasteiger partial charge in [-0.1, -0.05) is 59.6 Å². The third kappa shape index (κ3) is 5.21. The average molecular weight is 409 g/mol. The van der Waals surface area contributed by atoms with Gasteiger partial charge in [0, 0.05) is 19.6 Å². The second-order valence-corrected chi connectivity index (χ2v) is 7.61. The van der Waals surface area contributed by atoms with Crippen molar-refractivity contribution in [3.63, 3.8) is 0 Å². The number of halogens is 2. The van der Waals surface area contributed by atoms with E-state index in [9.17, 15) is 15.1 Å². The summed E-state index contributed by atoms with van der Waals surface area (Å²) in [5, 5.41) is 22.0. The Morgan fingerprint density at radius 1 is 1.19 bits per heavy atom. The molecule has 1 heterocycles. The smallest absolute Gasteiger partial charge is 0.250 e. The Morgan fingerprint density at radius 3 is 2.56 bits per heavy atom. The van der Waals surface area contributed by atoms with Gasteiger partial charge in [-0.2, -0.15) is 0 Å². The van der Waals surface area contributed by atoms with Crippen LogP contribution in [-0.2, 0) is 11.2 Å². The Kier molecular flexibility index (Phi) is 6.73. The molecule has 2 aromatic carbocycles. The van der Waals surface area contributed by atoms with Crippen LogP contribution in [0.1, 0.15) is 23.6 Å². The average Bonchev–Trinajstić information content (AvgIpc) is 3.08. The molecule has 0 spiro atoms. The van der Waals surface area contributed by atoms with Crippen molar-refractivity contribution in [2.45, 2.75) is 25.0 Å². The number of aliphatic hydroxyl groups excluding tert-OH is 1. The highest BCUT2D eigenvalue weighted by Crippen LogP contribution is 2.26. The zero-order chi connectivity index (χ0) is 19.4. The van der Waals surface area contributed by atoms with Crippen LogP contribution in [0.15, 0.2) is 48.5 Å². The number of hydroxylamine groups is 2. The third-order valence-corrected chi connectivity index (χ3v) is 5.49. The van der Waals surface area contributed by atoms with Gasteiger partial charge in [-0.25, -0.2) is 5.06 Å². The van der Waals surface area contributed by atoms with Crippen molar-refractivity contribution in [2.75, 3.05) is 19.6 Å². The van der Waals surface area contributed by atoms with E-state index in [1.54, 1.807) is 18.2 Å². The normalized spacial score (nSPS) is 18.4. The van der Waals surface area contributed by atoms with E-state index >= 15 is 0 Å². The summed E-state index contributed by atoms with van der Waals surface area (Å²) in [5.74, 6) is -0.429. The van der Waals surface area contributed by atoms with Crippen LogP contribution in [0.3, 0.4) is 0 Å². The predicted molar refractivity (Wildman–Crippen MR) is 105 cm³/mol. The number of amides is 1. The fourth-order valence-electron chi connectivity index (χ4n) is 3.30. The number of β-amino-alcohol motifs (C(OH)–C–C–N with tert-alkyl or cyclic N) is 1. The van der Waals surface area contributed by atoms with E-state index in [0.717, 1.165) is 17.2 Å². The fraction of sp³-hybridized carbons (Fsp3) is 0.350. The van der Waals surface area contributed by atoms with E-state index in [0.29, 0.717) is 35.1 Å². The molecular weight excluding hydrogens is 387 g/mol. The van der Waals surface area contributed by atoms with Gasteiger partial charge in [0.05, 0.1) is 28.6 Å². The number of nitrogens with zero attached hydrogens (tertiary/aromatic N) is 2. The largest absolute Gasteiger partial charge is 0.392 e. The summed E-state index contributed by atoms with van der Waals surface area (Å²) in [6.07, 6.45) is 0.351. The van der Waals surface area contributed by atoms with Crippen LogP contribution in [0.2, 0.25) is 10.0 Å². The first-order chi connectivity index (χ1) is 12.9. The molecule has 0 unspecified atom stereocenters. The number of benzene rings is 2. The van der Waals surface area contributed by atoms with Crippen LogP contribution in [0.4, 0.5) is 0 Å². The van der Waals surface area contributed by atoms with Gasteiger partial charge in [0.25, 0.3) is 5.91 Å². The van der Waals surface area contributed by atoms with Gasteiger partial charge in [0.15, 0.2) is 0 Å². The van der Waals surface area contributed by atoms with Gasteiger partial charge in [0.2, 0.25) is 0 Å². The lowest BCUT2D eigenvalue weighted by Crippen LogP contribution is -2.40. The van der Waals surface area contributed by atoms with E-state index in [-0.39, 0.29) is 12.5 Å². The molecule has 3 rings (SSSR count). The first-order valence-corrected chi connectivity index (χ1v) is 9.60. The Bertz CT molecular complexity index is 788. The summed E-state index contributed by atoms with van der Waals surface area (Å²) in [6.45, 7) is 1.72. The minimum Gasteiger partial charge on any atom is -0.392 e. The van der Waals surface area contributed by atoms with Crippen molar-refractivity contribution in [1.29, 1.82) is 0 Å². The monoisotopic (exact) mass is 408 g/mol. The molecular formula is C20H22Cl2N2O3. The lowest BCUT2D eigenvalue weighted by Gasteiger charge is -2.30. The van der Waals surface area contributed by atoms with Crippen LogP contribution in [0.5, 0.6) is 0 Å². The molecule has 0 bridgehead atoms. The minimum absolute atomic E-state index is 0.0132. The lowest BCUT2D eigenvalue weighted by atomic mass is 10.0. The summed E-state index contributed by atoms with van der Waals surface area (Å²) >= 11 is 11.9. The Morgan fingerprint density at radius 2 is 1.93 bits per heavy atom. The molecule has 27 heavy (non-hydrogen) atoms. The number of carbonyl (C=O) groups excluding carboxylic acids is 1. The molecule has 0 aromatic heterocycles. The van der Waals surface area contributed by atoms with Crippen LogP contribution < -0.4 is 0 Å². The van der Waals surface area contributed by atoms with Crippen molar-refractivity contribution in [2.24, 2.45) is 0 Å². The van der Waals surface area contributed by atoms with Crippen molar-refractivity contribution >= 4 is 29.1 Å². The number of hydrogen-bond donors (Lipinski definition) is 2. The molecule has 144 valence electrons. The summed E-state index contributed by atoms with van der Waals surface area (Å²) in [5.41, 5.74) is 1.51. The number of carbonyl (C=O) groups is 1. The van der Waals surface area contributed by atoms with Gasteiger partial charge < -0.3 is 5.11 Å². The number of aliphatic hydroxyl groups is 1. The van der Waals surface area contributed by atoms with Gasteiger partial charge in [-0.05, 0) is 29.7 Å². The van der Waals surface area contributed by atoms with Crippen molar-refractivity contribution < 1.29 is 15.1 Å². The number of likely N-dealkylation sites (tertiary alicyclic amines) is 1. The van der Waals surface area contributed by atoms with Crippen molar-refractivity contribution in [3.05, 3.63) is 69.7 Å². The topological polar surface area (TPSA) is 64.0 Å². The van der Waals surface area contributed by atoms with E-state index in [1.807, 2.05) is 30.3 Å². The molecule has 7 heteroatoms. The van der Waals surface area contributed by atoms with Crippen molar-refractivity contribution in [1.82, 2.24) is 9.96 Å². The fourth-order valence-corrected chi connectivity index (χ4v) is 3.62. The molecule has 1 fully saturated rings. The molecule has 1 aliphatic heterocycles.